The molecule has 1 aromatic heterocycles. The first-order valence-electron chi connectivity index (χ1n) is 14.7. The summed E-state index contributed by atoms with van der Waals surface area (Å²) in [4.78, 5) is 44.3. The molecule has 1 spiro atoms. The molecule has 3 heterocycles. The Morgan fingerprint density at radius 3 is 2.57 bits per heavy atom. The van der Waals surface area contributed by atoms with Crippen LogP contribution in [0.3, 0.4) is 0 Å². The molecule has 37 heavy (non-hydrogen) atoms. The van der Waals surface area contributed by atoms with Crippen LogP contribution in [0.25, 0.3) is 0 Å². The topological polar surface area (TPSA) is 82.9 Å². The molecule has 3 aliphatic carbocycles. The largest absolute Gasteiger partial charge is 0.387 e. The highest BCUT2D eigenvalue weighted by molar-refractivity contribution is 5.96. The molecule has 1 saturated heterocycles. The van der Waals surface area contributed by atoms with Gasteiger partial charge >= 0.3 is 0 Å². The number of likely N-dealkylation sites (tertiary alicyclic amines) is 1. The zero-order valence-corrected chi connectivity index (χ0v) is 22.6. The summed E-state index contributed by atoms with van der Waals surface area (Å²) in [6, 6.07) is 1.67. The molecule has 4 bridgehead atoms. The van der Waals surface area contributed by atoms with Crippen molar-refractivity contribution < 1.29 is 14.7 Å². The van der Waals surface area contributed by atoms with Gasteiger partial charge in [0, 0.05) is 49.8 Å². The number of pyridine rings is 1. The molecule has 0 radical (unpaired) electrons. The molecule has 5 aliphatic rings. The summed E-state index contributed by atoms with van der Waals surface area (Å²) in [6.45, 7) is 3.30. The highest BCUT2D eigenvalue weighted by Gasteiger charge is 2.59. The standard InChI is InChI=1S/C30H43N3O4/c1-20(14-21-6-4-3-5-7-21)27(35)32-13-12-30(37)19-33-17-25(24(15-26(33)34)22-8-9-22)28(36)31(2)23-10-11-29(30,16-23)18-32/h15,17,20-23,37H,3-14,16,18-19H2,1-2H3/t20-,23?,29?,30-/m1/s1. The normalized spacial score (nSPS) is 33.3. The molecular formula is C30H43N3O4. The summed E-state index contributed by atoms with van der Waals surface area (Å²) in [5.74, 6) is 1.13. The van der Waals surface area contributed by atoms with Crippen LogP contribution in [0.2, 0.25) is 0 Å². The summed E-state index contributed by atoms with van der Waals surface area (Å²) < 4.78 is 1.58. The van der Waals surface area contributed by atoms with Crippen LogP contribution in [0.5, 0.6) is 0 Å². The first kappa shape index (κ1) is 25.1. The van der Waals surface area contributed by atoms with Crippen molar-refractivity contribution in [2.75, 3.05) is 20.1 Å². The Balaban J connectivity index is 1.29. The number of piperidine rings is 1. The van der Waals surface area contributed by atoms with Crippen molar-refractivity contribution in [2.45, 2.75) is 108 Å². The maximum absolute atomic E-state index is 13.7. The molecule has 1 N–H and O–H groups in total. The SMILES string of the molecule is C[C@H](CC1CCCCC1)C(=O)N1CC[C@@]2(O)Cn3cc(c(C4CC4)cc3=O)C(=O)N(C)C3CCC2(C3)C1. The van der Waals surface area contributed by atoms with Gasteiger partial charge in [0.25, 0.3) is 11.5 Å². The molecule has 6 rings (SSSR count). The van der Waals surface area contributed by atoms with Gasteiger partial charge in [-0.3, -0.25) is 14.4 Å². The molecule has 2 unspecified atom stereocenters. The monoisotopic (exact) mass is 509 g/mol. The molecular weight excluding hydrogens is 466 g/mol. The molecule has 3 saturated carbocycles. The van der Waals surface area contributed by atoms with Gasteiger partial charge < -0.3 is 19.5 Å². The lowest BCUT2D eigenvalue weighted by Gasteiger charge is -2.53. The fourth-order valence-electron chi connectivity index (χ4n) is 8.20. The van der Waals surface area contributed by atoms with Gasteiger partial charge in [-0.1, -0.05) is 39.0 Å². The number of rotatable bonds is 4. The first-order valence-corrected chi connectivity index (χ1v) is 14.7. The summed E-state index contributed by atoms with van der Waals surface area (Å²) >= 11 is 0. The van der Waals surface area contributed by atoms with E-state index in [9.17, 15) is 19.5 Å². The number of hydrogen-bond donors (Lipinski definition) is 1. The van der Waals surface area contributed by atoms with E-state index in [0.29, 0.717) is 43.3 Å². The average Bonchev–Trinajstić information content (AvgIpc) is 3.65. The van der Waals surface area contributed by atoms with Gasteiger partial charge in [0.15, 0.2) is 0 Å². The lowest BCUT2D eigenvalue weighted by Crippen LogP contribution is -2.63. The fourth-order valence-corrected chi connectivity index (χ4v) is 8.20. The van der Waals surface area contributed by atoms with Crippen LogP contribution in [0.4, 0.5) is 0 Å². The molecule has 4 atom stereocenters. The minimum atomic E-state index is -1.09. The van der Waals surface area contributed by atoms with E-state index in [2.05, 4.69) is 6.92 Å². The molecule has 2 amide bonds. The Bertz CT molecular complexity index is 1140. The zero-order chi connectivity index (χ0) is 25.9. The third-order valence-electron chi connectivity index (χ3n) is 10.7. The molecule has 0 aromatic carbocycles. The van der Waals surface area contributed by atoms with E-state index in [1.807, 2.05) is 16.8 Å². The zero-order valence-electron chi connectivity index (χ0n) is 22.6. The summed E-state index contributed by atoms with van der Waals surface area (Å²) in [7, 11) is 1.87. The van der Waals surface area contributed by atoms with Crippen LogP contribution >= 0.6 is 0 Å². The average molecular weight is 510 g/mol. The van der Waals surface area contributed by atoms with E-state index in [1.54, 1.807) is 16.8 Å². The number of carbonyl (C=O) groups is 2. The minimum absolute atomic E-state index is 0.00757. The van der Waals surface area contributed by atoms with Crippen LogP contribution in [0.1, 0.15) is 106 Å². The minimum Gasteiger partial charge on any atom is -0.387 e. The fraction of sp³-hybridized carbons (Fsp3) is 0.767. The number of aromatic nitrogens is 1. The highest BCUT2D eigenvalue weighted by Crippen LogP contribution is 2.53. The van der Waals surface area contributed by atoms with E-state index < -0.39 is 11.0 Å². The van der Waals surface area contributed by atoms with E-state index in [-0.39, 0.29) is 35.9 Å². The van der Waals surface area contributed by atoms with E-state index in [1.165, 1.54) is 32.1 Å². The third-order valence-corrected chi connectivity index (χ3v) is 10.7. The van der Waals surface area contributed by atoms with Crippen molar-refractivity contribution in [3.63, 3.8) is 0 Å². The Morgan fingerprint density at radius 2 is 1.84 bits per heavy atom. The van der Waals surface area contributed by atoms with Gasteiger partial charge in [-0.15, -0.1) is 0 Å². The Hall–Kier alpha value is -2.15. The second kappa shape index (κ2) is 9.25. The van der Waals surface area contributed by atoms with Crippen molar-refractivity contribution in [3.05, 3.63) is 33.7 Å². The van der Waals surface area contributed by atoms with Crippen LogP contribution in [0.15, 0.2) is 17.1 Å². The maximum Gasteiger partial charge on any atom is 0.255 e. The summed E-state index contributed by atoms with van der Waals surface area (Å²) in [5, 5.41) is 12.3. The predicted molar refractivity (Wildman–Crippen MR) is 141 cm³/mol. The maximum atomic E-state index is 13.7. The number of amides is 2. The number of carbonyl (C=O) groups excluding carboxylic acids is 2. The van der Waals surface area contributed by atoms with Gasteiger partial charge in [-0.2, -0.15) is 0 Å². The van der Waals surface area contributed by atoms with E-state index >= 15 is 0 Å². The lowest BCUT2D eigenvalue weighted by molar-refractivity contribution is -0.164. The van der Waals surface area contributed by atoms with Crippen LogP contribution in [-0.2, 0) is 11.3 Å². The molecule has 4 fully saturated rings. The quantitative estimate of drug-likeness (QED) is 0.667. The molecule has 7 nitrogen and oxygen atoms in total. The number of nitrogens with zero attached hydrogens (tertiary/aromatic N) is 3. The van der Waals surface area contributed by atoms with Gasteiger partial charge in [-0.05, 0) is 62.3 Å². The second-order valence-corrected chi connectivity index (χ2v) is 13.2. The highest BCUT2D eigenvalue weighted by atomic mass is 16.3. The second-order valence-electron chi connectivity index (χ2n) is 13.2. The smallest absolute Gasteiger partial charge is 0.255 e. The molecule has 1 aromatic rings. The van der Waals surface area contributed by atoms with Crippen LogP contribution < -0.4 is 5.56 Å². The van der Waals surface area contributed by atoms with Crippen molar-refractivity contribution in [1.82, 2.24) is 14.4 Å². The predicted octanol–water partition coefficient (Wildman–Crippen LogP) is 3.92. The van der Waals surface area contributed by atoms with Crippen LogP contribution in [-0.4, -0.2) is 63.1 Å². The Morgan fingerprint density at radius 1 is 1.08 bits per heavy atom. The van der Waals surface area contributed by atoms with Gasteiger partial charge in [-0.25, -0.2) is 0 Å². The number of hydrogen-bond acceptors (Lipinski definition) is 4. The first-order chi connectivity index (χ1) is 17.7. The molecule has 2 aliphatic heterocycles. The summed E-state index contributed by atoms with van der Waals surface area (Å²) in [5.41, 5.74) is -0.246. The van der Waals surface area contributed by atoms with E-state index in [4.69, 9.17) is 0 Å². The number of aliphatic hydroxyl groups is 1. The third kappa shape index (κ3) is 4.35. The number of fused-ring (bicyclic) bond motifs is 3. The van der Waals surface area contributed by atoms with Crippen molar-refractivity contribution in [3.8, 4) is 0 Å². The Kier molecular flexibility index (Phi) is 6.28. The lowest BCUT2D eigenvalue weighted by atomic mass is 9.65. The van der Waals surface area contributed by atoms with Crippen molar-refractivity contribution in [1.29, 1.82) is 0 Å². The van der Waals surface area contributed by atoms with Crippen molar-refractivity contribution >= 4 is 11.8 Å². The van der Waals surface area contributed by atoms with Gasteiger partial charge in [0.2, 0.25) is 5.91 Å². The molecule has 7 heteroatoms. The van der Waals surface area contributed by atoms with Crippen molar-refractivity contribution in [2.24, 2.45) is 17.3 Å². The van der Waals surface area contributed by atoms with Crippen LogP contribution in [0, 0.1) is 17.3 Å². The Labute approximate surface area is 220 Å². The summed E-state index contributed by atoms with van der Waals surface area (Å²) in [6.07, 6.45) is 13.8. The van der Waals surface area contributed by atoms with Gasteiger partial charge in [0.05, 0.1) is 17.7 Å². The van der Waals surface area contributed by atoms with Gasteiger partial charge in [0.1, 0.15) is 0 Å². The molecule has 202 valence electrons. The van der Waals surface area contributed by atoms with E-state index in [0.717, 1.165) is 37.7 Å².